The van der Waals surface area contributed by atoms with Crippen LogP contribution < -0.4 is 10.6 Å². The third-order valence-electron chi connectivity index (χ3n) is 3.83. The van der Waals surface area contributed by atoms with Crippen LogP contribution in [0.2, 0.25) is 0 Å². The molecule has 1 aromatic carbocycles. The van der Waals surface area contributed by atoms with E-state index < -0.39 is 5.60 Å². The number of amides is 3. The van der Waals surface area contributed by atoms with Crippen molar-refractivity contribution in [3.63, 3.8) is 0 Å². The average Bonchev–Trinajstić information content (AvgIpc) is 2.54. The summed E-state index contributed by atoms with van der Waals surface area (Å²) in [4.78, 5) is 27.0. The lowest BCUT2D eigenvalue weighted by Gasteiger charge is -2.33. The summed E-state index contributed by atoms with van der Waals surface area (Å²) in [6.45, 7) is 6.74. The second-order valence-corrected chi connectivity index (χ2v) is 7.95. The minimum Gasteiger partial charge on any atom is -0.444 e. The molecule has 0 spiro atoms. The topological polar surface area (TPSA) is 70.7 Å². The first kappa shape index (κ1) is 19.4. The number of thioether (sulfide) groups is 1. The quantitative estimate of drug-likeness (QED) is 0.796. The highest BCUT2D eigenvalue weighted by molar-refractivity contribution is 7.98. The van der Waals surface area contributed by atoms with E-state index in [0.717, 1.165) is 23.4 Å². The lowest BCUT2D eigenvalue weighted by molar-refractivity contribution is 0.0202. The normalized spacial score (nSPS) is 15.6. The zero-order valence-corrected chi connectivity index (χ0v) is 16.1. The third kappa shape index (κ3) is 6.49. The maximum atomic E-state index is 12.1. The standard InChI is InChI=1S/C18H27N3O3S/c1-18(2,3)24-17(23)21-11-9-14(10-12-21)20-16(22)19-13-5-7-15(25-4)8-6-13/h5-8,14H,9-12H2,1-4H3,(H2,19,20,22). The Balaban J connectivity index is 1.75. The highest BCUT2D eigenvalue weighted by atomic mass is 32.2. The summed E-state index contributed by atoms with van der Waals surface area (Å²) >= 11 is 1.66. The van der Waals surface area contributed by atoms with Crippen molar-refractivity contribution in [1.82, 2.24) is 10.2 Å². The number of nitrogens with one attached hydrogen (secondary N) is 2. The van der Waals surface area contributed by atoms with E-state index in [-0.39, 0.29) is 18.2 Å². The number of piperidine rings is 1. The summed E-state index contributed by atoms with van der Waals surface area (Å²) in [5.41, 5.74) is 0.277. The predicted octanol–water partition coefficient (Wildman–Crippen LogP) is 3.93. The minimum atomic E-state index is -0.488. The summed E-state index contributed by atoms with van der Waals surface area (Å²) in [5.74, 6) is 0. The van der Waals surface area contributed by atoms with Gasteiger partial charge in [-0.1, -0.05) is 0 Å². The number of ether oxygens (including phenoxy) is 1. The molecule has 0 radical (unpaired) electrons. The molecule has 0 aliphatic carbocycles. The van der Waals surface area contributed by atoms with E-state index in [0.29, 0.717) is 13.1 Å². The van der Waals surface area contributed by atoms with E-state index >= 15 is 0 Å². The van der Waals surface area contributed by atoms with Gasteiger partial charge in [0.25, 0.3) is 0 Å². The van der Waals surface area contributed by atoms with Gasteiger partial charge in [-0.25, -0.2) is 9.59 Å². The molecule has 0 atom stereocenters. The van der Waals surface area contributed by atoms with Crippen LogP contribution in [0, 0.1) is 0 Å². The molecule has 1 fully saturated rings. The van der Waals surface area contributed by atoms with Crippen molar-refractivity contribution >= 4 is 29.6 Å². The Labute approximate surface area is 153 Å². The van der Waals surface area contributed by atoms with Crippen LogP contribution in [0.5, 0.6) is 0 Å². The van der Waals surface area contributed by atoms with Gasteiger partial charge >= 0.3 is 12.1 Å². The Morgan fingerprint density at radius 3 is 2.28 bits per heavy atom. The molecular weight excluding hydrogens is 338 g/mol. The Morgan fingerprint density at radius 1 is 1.16 bits per heavy atom. The molecule has 7 heteroatoms. The number of carbonyl (C=O) groups is 2. The van der Waals surface area contributed by atoms with Crippen LogP contribution in [0.4, 0.5) is 15.3 Å². The molecule has 1 aromatic rings. The molecule has 1 aliphatic heterocycles. The molecule has 25 heavy (non-hydrogen) atoms. The Kier molecular flexibility index (Phi) is 6.58. The lowest BCUT2D eigenvalue weighted by atomic mass is 10.1. The maximum Gasteiger partial charge on any atom is 0.410 e. The first-order valence-corrected chi connectivity index (χ1v) is 9.69. The summed E-state index contributed by atoms with van der Waals surface area (Å²) in [6, 6.07) is 7.56. The summed E-state index contributed by atoms with van der Waals surface area (Å²) in [7, 11) is 0. The van der Waals surface area contributed by atoms with Gasteiger partial charge in [0.15, 0.2) is 0 Å². The van der Waals surface area contributed by atoms with Crippen molar-refractivity contribution in [1.29, 1.82) is 0 Å². The predicted molar refractivity (Wildman–Crippen MR) is 101 cm³/mol. The van der Waals surface area contributed by atoms with E-state index in [4.69, 9.17) is 4.74 Å². The van der Waals surface area contributed by atoms with Gasteiger partial charge in [-0.15, -0.1) is 11.8 Å². The number of benzene rings is 1. The van der Waals surface area contributed by atoms with Crippen LogP contribution in [0.15, 0.2) is 29.2 Å². The summed E-state index contributed by atoms with van der Waals surface area (Å²) in [5, 5.41) is 5.81. The monoisotopic (exact) mass is 365 g/mol. The molecule has 2 N–H and O–H groups in total. The minimum absolute atomic E-state index is 0.0594. The summed E-state index contributed by atoms with van der Waals surface area (Å²) in [6.07, 6.45) is 3.17. The van der Waals surface area contributed by atoms with Crippen molar-refractivity contribution in [3.8, 4) is 0 Å². The highest BCUT2D eigenvalue weighted by Crippen LogP contribution is 2.18. The van der Waals surface area contributed by atoms with Crippen LogP contribution in [0.25, 0.3) is 0 Å². The number of hydrogen-bond acceptors (Lipinski definition) is 4. The molecule has 0 aromatic heterocycles. The van der Waals surface area contributed by atoms with Gasteiger partial charge in [0.05, 0.1) is 0 Å². The number of anilines is 1. The fourth-order valence-electron chi connectivity index (χ4n) is 2.56. The molecular formula is C18H27N3O3S. The molecule has 138 valence electrons. The van der Waals surface area contributed by atoms with Crippen LogP contribution in [-0.4, -0.2) is 48.0 Å². The van der Waals surface area contributed by atoms with Crippen molar-refractivity contribution in [2.45, 2.75) is 50.2 Å². The zero-order valence-electron chi connectivity index (χ0n) is 15.3. The maximum absolute atomic E-state index is 12.1. The number of nitrogens with zero attached hydrogens (tertiary/aromatic N) is 1. The van der Waals surface area contributed by atoms with Crippen LogP contribution in [0.1, 0.15) is 33.6 Å². The second-order valence-electron chi connectivity index (χ2n) is 7.07. The van der Waals surface area contributed by atoms with Crippen molar-refractivity contribution in [2.24, 2.45) is 0 Å². The van der Waals surface area contributed by atoms with E-state index in [2.05, 4.69) is 10.6 Å². The zero-order chi connectivity index (χ0) is 18.4. The number of hydrogen-bond donors (Lipinski definition) is 2. The highest BCUT2D eigenvalue weighted by Gasteiger charge is 2.27. The van der Waals surface area contributed by atoms with E-state index in [1.165, 1.54) is 0 Å². The first-order chi connectivity index (χ1) is 11.8. The molecule has 6 nitrogen and oxygen atoms in total. The van der Waals surface area contributed by atoms with Gasteiger partial charge in [-0.05, 0) is 64.1 Å². The Bertz CT molecular complexity index is 591. The van der Waals surface area contributed by atoms with Crippen LogP contribution >= 0.6 is 11.8 Å². The average molecular weight is 365 g/mol. The molecule has 0 bridgehead atoms. The van der Waals surface area contributed by atoms with Gasteiger partial charge in [-0.2, -0.15) is 0 Å². The second kappa shape index (κ2) is 8.47. The fraction of sp³-hybridized carbons (Fsp3) is 0.556. The summed E-state index contributed by atoms with van der Waals surface area (Å²) < 4.78 is 5.38. The molecule has 1 heterocycles. The van der Waals surface area contributed by atoms with Gasteiger partial charge in [0, 0.05) is 29.7 Å². The van der Waals surface area contributed by atoms with E-state index in [9.17, 15) is 9.59 Å². The van der Waals surface area contributed by atoms with E-state index in [1.54, 1.807) is 16.7 Å². The van der Waals surface area contributed by atoms with Gasteiger partial charge < -0.3 is 20.3 Å². The largest absolute Gasteiger partial charge is 0.444 e. The Hall–Kier alpha value is -1.89. The number of urea groups is 1. The molecule has 1 saturated heterocycles. The lowest BCUT2D eigenvalue weighted by Crippen LogP contribution is -2.48. The fourth-order valence-corrected chi connectivity index (χ4v) is 2.97. The van der Waals surface area contributed by atoms with Crippen LogP contribution in [-0.2, 0) is 4.74 Å². The molecule has 0 unspecified atom stereocenters. The van der Waals surface area contributed by atoms with Gasteiger partial charge in [0.2, 0.25) is 0 Å². The first-order valence-electron chi connectivity index (χ1n) is 8.46. The van der Waals surface area contributed by atoms with Crippen LogP contribution in [0.3, 0.4) is 0 Å². The van der Waals surface area contributed by atoms with Crippen molar-refractivity contribution in [3.05, 3.63) is 24.3 Å². The number of carbonyl (C=O) groups excluding carboxylic acids is 2. The molecule has 3 amide bonds. The molecule has 2 rings (SSSR count). The molecule has 1 aliphatic rings. The van der Waals surface area contributed by atoms with Gasteiger partial charge in [0.1, 0.15) is 5.60 Å². The number of rotatable bonds is 3. The Morgan fingerprint density at radius 2 is 1.76 bits per heavy atom. The van der Waals surface area contributed by atoms with E-state index in [1.807, 2.05) is 51.3 Å². The van der Waals surface area contributed by atoms with Crippen molar-refractivity contribution in [2.75, 3.05) is 24.7 Å². The van der Waals surface area contributed by atoms with Crippen molar-refractivity contribution < 1.29 is 14.3 Å². The van der Waals surface area contributed by atoms with Gasteiger partial charge in [-0.3, -0.25) is 0 Å². The SMILES string of the molecule is CSc1ccc(NC(=O)NC2CCN(C(=O)OC(C)(C)C)CC2)cc1. The smallest absolute Gasteiger partial charge is 0.410 e. The molecule has 0 saturated carbocycles. The number of likely N-dealkylation sites (tertiary alicyclic amines) is 1. The third-order valence-corrected chi connectivity index (χ3v) is 4.57.